The monoisotopic (exact) mass is 322 g/mol. The maximum atomic E-state index is 12.1. The molecule has 0 spiro atoms. The van der Waals surface area contributed by atoms with E-state index in [-0.39, 0.29) is 5.91 Å². The third-order valence-corrected chi connectivity index (χ3v) is 4.17. The van der Waals surface area contributed by atoms with E-state index in [1.54, 1.807) is 11.3 Å². The Morgan fingerprint density at radius 1 is 1.38 bits per heavy atom. The number of hydrogen-bond acceptors (Lipinski definition) is 3. The molecule has 0 aliphatic rings. The van der Waals surface area contributed by atoms with Gasteiger partial charge in [-0.15, -0.1) is 0 Å². The van der Waals surface area contributed by atoms with Gasteiger partial charge in [-0.3, -0.25) is 9.69 Å². The van der Waals surface area contributed by atoms with Crippen LogP contribution in [0.5, 0.6) is 0 Å². The quantitative estimate of drug-likeness (QED) is 0.899. The standard InChI is InChI=1S/C16H19ClN2OS/c1-11-6-12(2)16(14(17)7-11)18-15(20)9-19(3)8-13-4-5-21-10-13/h4-7,10H,8-9H2,1-3H3,(H,18,20). The van der Waals surface area contributed by atoms with Crippen LogP contribution in [0.3, 0.4) is 0 Å². The number of likely N-dealkylation sites (N-methyl/N-ethyl adjacent to an activating group) is 1. The number of rotatable bonds is 5. The van der Waals surface area contributed by atoms with Gasteiger partial charge in [-0.1, -0.05) is 17.7 Å². The van der Waals surface area contributed by atoms with E-state index >= 15 is 0 Å². The number of amides is 1. The lowest BCUT2D eigenvalue weighted by Gasteiger charge is -2.17. The first-order valence-corrected chi connectivity index (χ1v) is 8.04. The van der Waals surface area contributed by atoms with Crippen LogP contribution >= 0.6 is 22.9 Å². The summed E-state index contributed by atoms with van der Waals surface area (Å²) in [6, 6.07) is 5.94. The second kappa shape index (κ2) is 7.07. The van der Waals surface area contributed by atoms with E-state index in [4.69, 9.17) is 11.6 Å². The first kappa shape index (κ1) is 16.0. The number of anilines is 1. The van der Waals surface area contributed by atoms with E-state index in [0.29, 0.717) is 17.3 Å². The van der Waals surface area contributed by atoms with Gasteiger partial charge in [-0.05, 0) is 60.5 Å². The Bertz CT molecular complexity index is 602. The summed E-state index contributed by atoms with van der Waals surface area (Å²) < 4.78 is 0. The number of benzene rings is 1. The van der Waals surface area contributed by atoms with E-state index in [0.717, 1.165) is 17.7 Å². The van der Waals surface area contributed by atoms with Gasteiger partial charge < -0.3 is 5.32 Å². The molecular formula is C16H19ClN2OS. The number of carbonyl (C=O) groups excluding carboxylic acids is 1. The largest absolute Gasteiger partial charge is 0.323 e. The van der Waals surface area contributed by atoms with E-state index < -0.39 is 0 Å². The zero-order valence-corrected chi connectivity index (χ0v) is 14.0. The van der Waals surface area contributed by atoms with Crippen LogP contribution in [0.4, 0.5) is 5.69 Å². The maximum absolute atomic E-state index is 12.1. The van der Waals surface area contributed by atoms with Crippen LogP contribution in [0, 0.1) is 13.8 Å². The SMILES string of the molecule is Cc1cc(C)c(NC(=O)CN(C)Cc2ccsc2)c(Cl)c1. The molecule has 2 aromatic rings. The zero-order chi connectivity index (χ0) is 15.4. The van der Waals surface area contributed by atoms with Crippen molar-refractivity contribution < 1.29 is 4.79 Å². The maximum Gasteiger partial charge on any atom is 0.238 e. The molecular weight excluding hydrogens is 304 g/mol. The molecule has 1 N–H and O–H groups in total. The highest BCUT2D eigenvalue weighted by molar-refractivity contribution is 7.07. The van der Waals surface area contributed by atoms with Crippen molar-refractivity contribution in [1.82, 2.24) is 4.90 Å². The van der Waals surface area contributed by atoms with Crippen molar-refractivity contribution in [3.63, 3.8) is 0 Å². The van der Waals surface area contributed by atoms with Crippen LogP contribution in [0.2, 0.25) is 5.02 Å². The van der Waals surface area contributed by atoms with Crippen molar-refractivity contribution in [2.75, 3.05) is 18.9 Å². The van der Waals surface area contributed by atoms with Crippen LogP contribution < -0.4 is 5.32 Å². The number of carbonyl (C=O) groups is 1. The Morgan fingerprint density at radius 2 is 2.14 bits per heavy atom. The number of halogens is 1. The Balaban J connectivity index is 1.95. The van der Waals surface area contributed by atoms with Crippen molar-refractivity contribution in [3.8, 4) is 0 Å². The summed E-state index contributed by atoms with van der Waals surface area (Å²) in [5, 5.41) is 7.62. The molecule has 112 valence electrons. The smallest absolute Gasteiger partial charge is 0.238 e. The van der Waals surface area contributed by atoms with Crippen molar-refractivity contribution in [3.05, 3.63) is 50.7 Å². The summed E-state index contributed by atoms with van der Waals surface area (Å²) >= 11 is 7.87. The first-order chi connectivity index (χ1) is 9.95. The molecule has 0 aliphatic carbocycles. The van der Waals surface area contributed by atoms with E-state index in [1.165, 1.54) is 5.56 Å². The minimum absolute atomic E-state index is 0.0541. The van der Waals surface area contributed by atoms with Gasteiger partial charge in [0, 0.05) is 6.54 Å². The highest BCUT2D eigenvalue weighted by Gasteiger charge is 2.12. The van der Waals surface area contributed by atoms with Gasteiger partial charge in [0.15, 0.2) is 0 Å². The number of nitrogens with one attached hydrogen (secondary N) is 1. The van der Waals surface area contributed by atoms with Gasteiger partial charge in [0.25, 0.3) is 0 Å². The van der Waals surface area contributed by atoms with Gasteiger partial charge in [0.1, 0.15) is 0 Å². The summed E-state index contributed by atoms with van der Waals surface area (Å²) in [4.78, 5) is 14.1. The van der Waals surface area contributed by atoms with Crippen molar-refractivity contribution in [2.45, 2.75) is 20.4 Å². The molecule has 3 nitrogen and oxygen atoms in total. The molecule has 1 amide bonds. The first-order valence-electron chi connectivity index (χ1n) is 6.72. The summed E-state index contributed by atoms with van der Waals surface area (Å²) in [7, 11) is 1.93. The number of thiophene rings is 1. The minimum atomic E-state index is -0.0541. The number of hydrogen-bond donors (Lipinski definition) is 1. The molecule has 2 rings (SSSR count). The third kappa shape index (κ3) is 4.56. The summed E-state index contributed by atoms with van der Waals surface area (Å²) in [5.74, 6) is -0.0541. The predicted molar refractivity (Wildman–Crippen MR) is 90.2 cm³/mol. The average molecular weight is 323 g/mol. The summed E-state index contributed by atoms with van der Waals surface area (Å²) in [6.45, 7) is 5.03. The number of aryl methyl sites for hydroxylation is 2. The van der Waals surface area contributed by atoms with Crippen LogP contribution in [-0.2, 0) is 11.3 Å². The average Bonchev–Trinajstić information content (AvgIpc) is 2.86. The van der Waals surface area contributed by atoms with Crippen LogP contribution in [-0.4, -0.2) is 24.4 Å². The van der Waals surface area contributed by atoms with Gasteiger partial charge in [0.05, 0.1) is 17.3 Å². The third-order valence-electron chi connectivity index (χ3n) is 3.14. The van der Waals surface area contributed by atoms with Crippen molar-refractivity contribution in [2.24, 2.45) is 0 Å². The Labute approximate surface area is 134 Å². The fourth-order valence-corrected chi connectivity index (χ4v) is 3.28. The highest BCUT2D eigenvalue weighted by atomic mass is 35.5. The van der Waals surface area contributed by atoms with Crippen molar-refractivity contribution >= 4 is 34.5 Å². The molecule has 0 fully saturated rings. The molecule has 0 radical (unpaired) electrons. The van der Waals surface area contributed by atoms with E-state index in [1.807, 2.05) is 43.3 Å². The highest BCUT2D eigenvalue weighted by Crippen LogP contribution is 2.27. The second-order valence-corrected chi connectivity index (χ2v) is 6.48. The van der Waals surface area contributed by atoms with Crippen LogP contribution in [0.25, 0.3) is 0 Å². The van der Waals surface area contributed by atoms with Gasteiger partial charge in [0.2, 0.25) is 5.91 Å². The zero-order valence-electron chi connectivity index (χ0n) is 12.4. The molecule has 0 atom stereocenters. The lowest BCUT2D eigenvalue weighted by atomic mass is 10.1. The lowest BCUT2D eigenvalue weighted by Crippen LogP contribution is -2.30. The Kier molecular flexibility index (Phi) is 5.39. The van der Waals surface area contributed by atoms with E-state index in [2.05, 4.69) is 16.8 Å². The molecule has 0 saturated carbocycles. The van der Waals surface area contributed by atoms with Gasteiger partial charge >= 0.3 is 0 Å². The van der Waals surface area contributed by atoms with Crippen molar-refractivity contribution in [1.29, 1.82) is 0 Å². The molecule has 1 aromatic heterocycles. The number of nitrogens with zero attached hydrogens (tertiary/aromatic N) is 1. The van der Waals surface area contributed by atoms with Gasteiger partial charge in [-0.25, -0.2) is 0 Å². The lowest BCUT2D eigenvalue weighted by molar-refractivity contribution is -0.117. The molecule has 0 aliphatic heterocycles. The molecule has 0 bridgehead atoms. The van der Waals surface area contributed by atoms with Crippen LogP contribution in [0.15, 0.2) is 29.0 Å². The minimum Gasteiger partial charge on any atom is -0.323 e. The second-order valence-electron chi connectivity index (χ2n) is 5.29. The van der Waals surface area contributed by atoms with E-state index in [9.17, 15) is 4.79 Å². The Hall–Kier alpha value is -1.36. The predicted octanol–water partition coefficient (Wildman–Crippen LogP) is 4.09. The van der Waals surface area contributed by atoms with Crippen LogP contribution in [0.1, 0.15) is 16.7 Å². The molecule has 0 unspecified atom stereocenters. The molecule has 21 heavy (non-hydrogen) atoms. The summed E-state index contributed by atoms with van der Waals surface area (Å²) in [6.07, 6.45) is 0. The fourth-order valence-electron chi connectivity index (χ4n) is 2.25. The molecule has 5 heteroatoms. The normalized spacial score (nSPS) is 10.9. The summed E-state index contributed by atoms with van der Waals surface area (Å²) in [5.41, 5.74) is 4.00. The Morgan fingerprint density at radius 3 is 2.76 bits per heavy atom. The topological polar surface area (TPSA) is 32.3 Å². The molecule has 1 heterocycles. The molecule has 1 aromatic carbocycles. The van der Waals surface area contributed by atoms with Gasteiger partial charge in [-0.2, -0.15) is 11.3 Å². The molecule has 0 saturated heterocycles. The fraction of sp³-hybridized carbons (Fsp3) is 0.312.